The van der Waals surface area contributed by atoms with Gasteiger partial charge in [0, 0.05) is 7.05 Å². The lowest BCUT2D eigenvalue weighted by molar-refractivity contribution is 0.507. The molecule has 80 valence electrons. The molecule has 0 amide bonds. The minimum absolute atomic E-state index is 0.228. The van der Waals surface area contributed by atoms with Crippen LogP contribution in [0.15, 0.2) is 21.4 Å². The average molecular weight is 291 g/mol. The van der Waals surface area contributed by atoms with E-state index in [2.05, 4.69) is 26.0 Å². The largest absolute Gasteiger partial charge is 0.439 e. The van der Waals surface area contributed by atoms with Crippen LogP contribution in [0.5, 0.6) is 0 Å². The molecule has 0 saturated heterocycles. The Bertz CT molecular complexity index is 477. The highest BCUT2D eigenvalue weighted by Gasteiger charge is 2.15. The molecule has 0 N–H and O–H groups in total. The van der Waals surface area contributed by atoms with Gasteiger partial charge in [-0.3, -0.25) is 4.68 Å². The van der Waals surface area contributed by atoms with Crippen LogP contribution in [0.25, 0.3) is 11.3 Å². The lowest BCUT2D eigenvalue weighted by Gasteiger charge is -1.95. The first-order valence-electron chi connectivity index (χ1n) is 4.37. The lowest BCUT2D eigenvalue weighted by atomic mass is 10.3. The Morgan fingerprint density at radius 3 is 2.73 bits per heavy atom. The Kier molecular flexibility index (Phi) is 2.84. The van der Waals surface area contributed by atoms with Gasteiger partial charge in [0.2, 0.25) is 5.89 Å². The summed E-state index contributed by atoms with van der Waals surface area (Å²) in [5.74, 6) is 1.18. The molecular weight excluding hydrogens is 281 g/mol. The topological polar surface area (TPSA) is 43.9 Å². The average Bonchev–Trinajstić information content (AvgIpc) is 2.76. The number of alkyl halides is 1. The fraction of sp³-hybridized carbons (Fsp3) is 0.333. The van der Waals surface area contributed by atoms with E-state index in [-0.39, 0.29) is 5.38 Å². The lowest BCUT2D eigenvalue weighted by Crippen LogP contribution is -1.88. The molecule has 0 radical (unpaired) electrons. The van der Waals surface area contributed by atoms with E-state index in [4.69, 9.17) is 16.0 Å². The van der Waals surface area contributed by atoms with Gasteiger partial charge in [-0.05, 0) is 22.9 Å². The normalized spacial score (nSPS) is 13.1. The van der Waals surface area contributed by atoms with E-state index < -0.39 is 0 Å². The van der Waals surface area contributed by atoms with Crippen LogP contribution in [-0.2, 0) is 7.05 Å². The van der Waals surface area contributed by atoms with Crippen LogP contribution in [0, 0.1) is 0 Å². The molecule has 2 rings (SSSR count). The van der Waals surface area contributed by atoms with E-state index in [1.54, 1.807) is 17.1 Å². The predicted octanol–water partition coefficient (Wildman–Crippen LogP) is 3.14. The van der Waals surface area contributed by atoms with Crippen molar-refractivity contribution in [2.75, 3.05) is 0 Å². The zero-order valence-corrected chi connectivity index (χ0v) is 10.6. The Morgan fingerprint density at radius 1 is 1.53 bits per heavy atom. The summed E-state index contributed by atoms with van der Waals surface area (Å²) >= 11 is 9.27. The second-order valence-corrected chi connectivity index (χ2v) is 4.56. The van der Waals surface area contributed by atoms with Gasteiger partial charge < -0.3 is 4.42 Å². The molecule has 0 bridgehead atoms. The molecule has 2 aromatic rings. The summed E-state index contributed by atoms with van der Waals surface area (Å²) in [7, 11) is 1.84. The van der Waals surface area contributed by atoms with E-state index in [9.17, 15) is 0 Å². The van der Waals surface area contributed by atoms with Gasteiger partial charge in [0.1, 0.15) is 9.98 Å². The summed E-state index contributed by atoms with van der Waals surface area (Å²) in [6.07, 6.45) is 3.36. The highest BCUT2D eigenvalue weighted by molar-refractivity contribution is 9.10. The smallest absolute Gasteiger partial charge is 0.212 e. The van der Waals surface area contributed by atoms with Gasteiger partial charge >= 0.3 is 0 Å². The second kappa shape index (κ2) is 3.98. The van der Waals surface area contributed by atoms with Gasteiger partial charge in [0.25, 0.3) is 0 Å². The fourth-order valence-electron chi connectivity index (χ4n) is 1.18. The van der Waals surface area contributed by atoms with E-state index in [0.29, 0.717) is 11.7 Å². The van der Waals surface area contributed by atoms with Crippen LogP contribution < -0.4 is 0 Å². The number of rotatable bonds is 2. The summed E-state index contributed by atoms with van der Waals surface area (Å²) < 4.78 is 8.06. The van der Waals surface area contributed by atoms with Crippen molar-refractivity contribution in [1.29, 1.82) is 0 Å². The number of nitrogens with zero attached hydrogens (tertiary/aromatic N) is 3. The molecule has 0 fully saturated rings. The SMILES string of the molecule is CC(Cl)c1ncc(-c2cnn(C)c2Br)o1. The van der Waals surface area contributed by atoms with Crippen molar-refractivity contribution in [3.63, 3.8) is 0 Å². The van der Waals surface area contributed by atoms with Crippen LogP contribution >= 0.6 is 27.5 Å². The Balaban J connectivity index is 2.41. The molecular formula is C9H9BrClN3O. The summed E-state index contributed by atoms with van der Waals surface area (Å²) in [5, 5.41) is 3.87. The third-order valence-corrected chi connectivity index (χ3v) is 3.12. The van der Waals surface area contributed by atoms with Crippen LogP contribution in [-0.4, -0.2) is 14.8 Å². The summed E-state index contributed by atoms with van der Waals surface area (Å²) in [6, 6.07) is 0. The van der Waals surface area contributed by atoms with Crippen molar-refractivity contribution in [1.82, 2.24) is 14.8 Å². The van der Waals surface area contributed by atoms with Gasteiger partial charge in [-0.25, -0.2) is 4.98 Å². The molecule has 2 aromatic heterocycles. The number of halogens is 2. The first-order chi connectivity index (χ1) is 7.09. The Labute approximate surface area is 100 Å². The monoisotopic (exact) mass is 289 g/mol. The molecule has 0 aliphatic rings. The first-order valence-corrected chi connectivity index (χ1v) is 5.60. The van der Waals surface area contributed by atoms with Crippen molar-refractivity contribution >= 4 is 27.5 Å². The van der Waals surface area contributed by atoms with Crippen molar-refractivity contribution in [2.24, 2.45) is 7.05 Å². The minimum Gasteiger partial charge on any atom is -0.439 e. The highest BCUT2D eigenvalue weighted by Crippen LogP contribution is 2.30. The van der Waals surface area contributed by atoms with Crippen molar-refractivity contribution in [2.45, 2.75) is 12.3 Å². The molecule has 1 atom stereocenters. The molecule has 0 aliphatic carbocycles. The fourth-order valence-corrected chi connectivity index (χ4v) is 1.67. The number of oxazole rings is 1. The number of hydrogen-bond acceptors (Lipinski definition) is 3. The second-order valence-electron chi connectivity index (χ2n) is 3.15. The quantitative estimate of drug-likeness (QED) is 0.798. The molecule has 15 heavy (non-hydrogen) atoms. The Hall–Kier alpha value is -0.810. The molecule has 0 spiro atoms. The molecule has 0 aliphatic heterocycles. The van der Waals surface area contributed by atoms with Crippen LogP contribution in [0.1, 0.15) is 18.2 Å². The zero-order chi connectivity index (χ0) is 11.0. The molecule has 0 aromatic carbocycles. The molecule has 2 heterocycles. The Morgan fingerprint density at radius 2 is 2.27 bits per heavy atom. The predicted molar refractivity (Wildman–Crippen MR) is 60.7 cm³/mol. The van der Waals surface area contributed by atoms with Crippen LogP contribution in [0.2, 0.25) is 0 Å². The standard InChI is InChI=1S/C9H9BrClN3O/c1-5(11)9-12-4-7(15-9)6-3-13-14(2)8(6)10/h3-5H,1-2H3. The van der Waals surface area contributed by atoms with Crippen LogP contribution in [0.4, 0.5) is 0 Å². The van der Waals surface area contributed by atoms with E-state index >= 15 is 0 Å². The molecule has 0 saturated carbocycles. The molecule has 4 nitrogen and oxygen atoms in total. The van der Waals surface area contributed by atoms with Crippen molar-refractivity contribution in [3.05, 3.63) is 22.9 Å². The van der Waals surface area contributed by atoms with E-state index in [1.807, 2.05) is 14.0 Å². The van der Waals surface area contributed by atoms with Gasteiger partial charge in [0.05, 0.1) is 18.0 Å². The highest BCUT2D eigenvalue weighted by atomic mass is 79.9. The molecule has 6 heteroatoms. The van der Waals surface area contributed by atoms with Gasteiger partial charge in [-0.2, -0.15) is 5.10 Å². The third-order valence-electron chi connectivity index (χ3n) is 2.00. The zero-order valence-electron chi connectivity index (χ0n) is 8.24. The summed E-state index contributed by atoms with van der Waals surface area (Å²) in [4.78, 5) is 4.09. The molecule has 1 unspecified atom stereocenters. The van der Waals surface area contributed by atoms with Crippen LogP contribution in [0.3, 0.4) is 0 Å². The number of aromatic nitrogens is 3. The van der Waals surface area contributed by atoms with Gasteiger partial charge in [0.15, 0.2) is 5.76 Å². The van der Waals surface area contributed by atoms with Crippen molar-refractivity contribution in [3.8, 4) is 11.3 Å². The van der Waals surface area contributed by atoms with Gasteiger partial charge in [-0.15, -0.1) is 11.6 Å². The van der Waals surface area contributed by atoms with Gasteiger partial charge in [-0.1, -0.05) is 0 Å². The maximum Gasteiger partial charge on any atom is 0.212 e. The summed E-state index contributed by atoms with van der Waals surface area (Å²) in [6.45, 7) is 1.81. The third kappa shape index (κ3) is 1.94. The van der Waals surface area contributed by atoms with Crippen molar-refractivity contribution < 1.29 is 4.42 Å². The van der Waals surface area contributed by atoms with E-state index in [0.717, 1.165) is 10.2 Å². The maximum absolute atomic E-state index is 5.86. The number of aryl methyl sites for hydroxylation is 1. The minimum atomic E-state index is -0.228. The maximum atomic E-state index is 5.86. The first kappa shape index (κ1) is 10.7. The number of hydrogen-bond donors (Lipinski definition) is 0. The summed E-state index contributed by atoms with van der Waals surface area (Å²) in [5.41, 5.74) is 0.869. The van der Waals surface area contributed by atoms with E-state index in [1.165, 1.54) is 0 Å².